The van der Waals surface area contributed by atoms with Crippen molar-refractivity contribution >= 4 is 80.6 Å². The average Bonchev–Trinajstić information content (AvgIpc) is 3.60. The van der Waals surface area contributed by atoms with Crippen LogP contribution in [0.15, 0.2) is 61.6 Å². The Labute approximate surface area is 288 Å². The minimum absolute atomic E-state index is 0.0399. The molecule has 5 rings (SSSR count). The predicted octanol–water partition coefficient (Wildman–Crippen LogP) is 5.86. The van der Waals surface area contributed by atoms with Gasteiger partial charge in [0.25, 0.3) is 11.1 Å². The lowest BCUT2D eigenvalue weighted by atomic mass is 10.1. The summed E-state index contributed by atoms with van der Waals surface area (Å²) < 4.78 is 78.9. The van der Waals surface area contributed by atoms with Crippen molar-refractivity contribution in [1.82, 2.24) is 22.4 Å². The quantitative estimate of drug-likeness (QED) is 0.125. The third kappa shape index (κ3) is 7.17. The normalized spacial score (nSPS) is 12.1. The SMILES string of the molecule is CCCCOc1oc2ccc(I)cc2c(=O)c1CCC.Cc1c(Br)c2ccc(F)cc2n1S(=O)(=O)c1ncn(S(=O)(=O)N(C)C)n1. The predicted molar refractivity (Wildman–Crippen MR) is 185 cm³/mol. The van der Waals surface area contributed by atoms with Gasteiger partial charge in [0.15, 0.2) is 5.43 Å². The van der Waals surface area contributed by atoms with E-state index in [9.17, 15) is 26.0 Å². The largest absolute Gasteiger partial charge is 0.465 e. The first-order valence-corrected chi connectivity index (χ1v) is 18.8. The maximum absolute atomic E-state index is 13.7. The van der Waals surface area contributed by atoms with Crippen molar-refractivity contribution in [2.45, 2.75) is 51.6 Å². The number of benzene rings is 2. The summed E-state index contributed by atoms with van der Waals surface area (Å²) in [5.74, 6) is -0.216. The number of unbranched alkanes of at least 4 members (excludes halogenated alkanes) is 1. The molecule has 0 aliphatic rings. The molecular formula is C29H32BrFIN5O7S2. The van der Waals surface area contributed by atoms with E-state index in [4.69, 9.17) is 9.15 Å². The summed E-state index contributed by atoms with van der Waals surface area (Å²) >= 11 is 5.49. The van der Waals surface area contributed by atoms with E-state index in [0.29, 0.717) is 49.5 Å². The van der Waals surface area contributed by atoms with Crippen LogP contribution in [0.1, 0.15) is 44.4 Å². The summed E-state index contributed by atoms with van der Waals surface area (Å²) in [4.78, 5) is 16.2. The number of nitrogens with zero attached hydrogens (tertiary/aromatic N) is 5. The van der Waals surface area contributed by atoms with Crippen LogP contribution in [0.2, 0.25) is 0 Å². The Balaban J connectivity index is 0.000000216. The van der Waals surface area contributed by atoms with Gasteiger partial charge in [-0.05, 0) is 94.7 Å². The standard InChI is InChI=1S/C16H19IO3.C13H13BrFN5O4S2/c1-3-5-9-19-16-12(6-4-2)15(18)13-10-11(17)7-8-14(13)20-16;1-8-12(14)10-5-4-9(15)6-11(10)20(8)25(21,22)13-16-7-19(17-13)26(23,24)18(2)3/h7-8,10H,3-6,9H2,1-2H3;4-7H,1-3H3. The number of ether oxygens (including phenoxy) is 1. The van der Waals surface area contributed by atoms with Crippen LogP contribution in [0, 0.1) is 16.3 Å². The summed E-state index contributed by atoms with van der Waals surface area (Å²) in [5.41, 5.74) is 1.66. The lowest BCUT2D eigenvalue weighted by Crippen LogP contribution is -2.29. The highest BCUT2D eigenvalue weighted by molar-refractivity contribution is 14.1. The molecule has 2 aromatic carbocycles. The molecule has 0 radical (unpaired) electrons. The van der Waals surface area contributed by atoms with Crippen LogP contribution in [0.3, 0.4) is 0 Å². The van der Waals surface area contributed by atoms with Crippen molar-refractivity contribution in [2.24, 2.45) is 0 Å². The molecule has 0 aliphatic heterocycles. The monoisotopic (exact) mass is 851 g/mol. The lowest BCUT2D eigenvalue weighted by molar-refractivity contribution is 0.237. The first kappa shape index (κ1) is 36.0. The summed E-state index contributed by atoms with van der Waals surface area (Å²) in [6.45, 7) is 6.27. The van der Waals surface area contributed by atoms with E-state index in [0.717, 1.165) is 43.5 Å². The fourth-order valence-corrected chi connectivity index (χ4v) is 7.67. The average molecular weight is 853 g/mol. The van der Waals surface area contributed by atoms with E-state index in [2.05, 4.69) is 55.5 Å². The lowest BCUT2D eigenvalue weighted by Gasteiger charge is -2.10. The Morgan fingerprint density at radius 3 is 2.43 bits per heavy atom. The smallest absolute Gasteiger partial charge is 0.323 e. The molecule has 0 unspecified atom stereocenters. The summed E-state index contributed by atoms with van der Waals surface area (Å²) in [6, 6.07) is 9.35. The highest BCUT2D eigenvalue weighted by Gasteiger charge is 2.30. The van der Waals surface area contributed by atoms with E-state index < -0.39 is 31.2 Å². The topological polar surface area (TPSA) is 147 Å². The fourth-order valence-electron chi connectivity index (χ4n) is 4.42. The molecule has 5 aromatic rings. The third-order valence-electron chi connectivity index (χ3n) is 6.80. The molecule has 0 spiro atoms. The molecule has 0 N–H and O–H groups in total. The van der Waals surface area contributed by atoms with Gasteiger partial charge in [0.05, 0.1) is 23.1 Å². The zero-order valence-corrected chi connectivity index (χ0v) is 31.0. The second-order valence-corrected chi connectivity index (χ2v) is 16.0. The number of hydrogen-bond donors (Lipinski definition) is 0. The van der Waals surface area contributed by atoms with Crippen LogP contribution in [-0.4, -0.2) is 60.0 Å². The first-order valence-electron chi connectivity index (χ1n) is 14.1. The van der Waals surface area contributed by atoms with Crippen LogP contribution in [0.25, 0.3) is 21.9 Å². The molecule has 0 aliphatic carbocycles. The van der Waals surface area contributed by atoms with Crippen LogP contribution in [0.5, 0.6) is 5.95 Å². The van der Waals surface area contributed by atoms with Gasteiger partial charge in [0.2, 0.25) is 0 Å². The highest BCUT2D eigenvalue weighted by Crippen LogP contribution is 2.33. The van der Waals surface area contributed by atoms with Gasteiger partial charge in [0.1, 0.15) is 17.7 Å². The number of rotatable bonds is 10. The molecular weight excluding hydrogens is 820 g/mol. The van der Waals surface area contributed by atoms with Gasteiger partial charge in [-0.25, -0.2) is 13.3 Å². The van der Waals surface area contributed by atoms with Crippen molar-refractivity contribution in [3.05, 3.63) is 78.1 Å². The molecule has 3 heterocycles. The Kier molecular flexibility index (Phi) is 11.3. The molecule has 0 atom stereocenters. The molecule has 0 amide bonds. The zero-order chi connectivity index (χ0) is 34.0. The zero-order valence-electron chi connectivity index (χ0n) is 25.6. The Morgan fingerprint density at radius 2 is 1.78 bits per heavy atom. The fraction of sp³-hybridized carbons (Fsp3) is 0.345. The highest BCUT2D eigenvalue weighted by atomic mass is 127. The molecule has 0 saturated heterocycles. The van der Waals surface area contributed by atoms with Crippen molar-refractivity contribution in [3.8, 4) is 5.95 Å². The Bertz CT molecular complexity index is 2180. The maximum atomic E-state index is 13.7. The van der Waals surface area contributed by atoms with Crippen molar-refractivity contribution in [3.63, 3.8) is 0 Å². The van der Waals surface area contributed by atoms with Crippen molar-refractivity contribution in [1.29, 1.82) is 0 Å². The maximum Gasteiger partial charge on any atom is 0.323 e. The van der Waals surface area contributed by atoms with E-state index in [1.807, 2.05) is 25.1 Å². The minimum atomic E-state index is -4.36. The second-order valence-electron chi connectivity index (χ2n) is 10.3. The summed E-state index contributed by atoms with van der Waals surface area (Å²) in [6.07, 6.45) is 4.38. The van der Waals surface area contributed by atoms with E-state index >= 15 is 0 Å². The number of fused-ring (bicyclic) bond motifs is 2. The first-order chi connectivity index (χ1) is 21.6. The number of halogens is 3. The van der Waals surface area contributed by atoms with E-state index in [1.54, 1.807) is 0 Å². The van der Waals surface area contributed by atoms with Crippen LogP contribution in [0.4, 0.5) is 4.39 Å². The molecule has 248 valence electrons. The molecule has 0 saturated carbocycles. The van der Waals surface area contributed by atoms with Gasteiger partial charge in [-0.1, -0.05) is 26.7 Å². The van der Waals surface area contributed by atoms with Crippen LogP contribution in [-0.2, 0) is 26.7 Å². The van der Waals surface area contributed by atoms with Crippen molar-refractivity contribution in [2.75, 3.05) is 20.7 Å². The number of hydrogen-bond acceptors (Lipinski definition) is 9. The molecule has 17 heteroatoms. The number of aromatic nitrogens is 4. The van der Waals surface area contributed by atoms with Gasteiger partial charge in [0, 0.05) is 33.2 Å². The van der Waals surface area contributed by atoms with Crippen LogP contribution < -0.4 is 10.2 Å². The van der Waals surface area contributed by atoms with E-state index in [1.165, 1.54) is 33.2 Å². The molecule has 3 aromatic heterocycles. The van der Waals surface area contributed by atoms with Crippen LogP contribution >= 0.6 is 38.5 Å². The van der Waals surface area contributed by atoms with Gasteiger partial charge >= 0.3 is 20.2 Å². The van der Waals surface area contributed by atoms with Crippen molar-refractivity contribution < 1.29 is 30.4 Å². The van der Waals surface area contributed by atoms with Gasteiger partial charge in [-0.2, -0.15) is 21.1 Å². The minimum Gasteiger partial charge on any atom is -0.465 e. The summed E-state index contributed by atoms with van der Waals surface area (Å²) in [7, 11) is -5.84. The van der Waals surface area contributed by atoms with Gasteiger partial charge in [-0.15, -0.1) is 9.19 Å². The second kappa shape index (κ2) is 14.5. The summed E-state index contributed by atoms with van der Waals surface area (Å²) in [5, 5.41) is 3.99. The molecule has 0 fully saturated rings. The van der Waals surface area contributed by atoms with E-state index in [-0.39, 0.29) is 16.6 Å². The molecule has 46 heavy (non-hydrogen) atoms. The third-order valence-corrected chi connectivity index (χ3v) is 11.6. The molecule has 0 bridgehead atoms. The molecule has 12 nitrogen and oxygen atoms in total. The Hall–Kier alpha value is -2.87. The van der Waals surface area contributed by atoms with Gasteiger partial charge < -0.3 is 9.15 Å². The van der Waals surface area contributed by atoms with Gasteiger partial charge in [-0.3, -0.25) is 4.79 Å². The Morgan fingerprint density at radius 1 is 1.07 bits per heavy atom.